The lowest BCUT2D eigenvalue weighted by molar-refractivity contribution is 0.624. The molecule has 0 saturated heterocycles. The number of halogens is 2. The Morgan fingerprint density at radius 1 is 1.26 bits per heavy atom. The zero-order valence-corrected chi connectivity index (χ0v) is 11.1. The van der Waals surface area contributed by atoms with Gasteiger partial charge in [0.25, 0.3) is 0 Å². The van der Waals surface area contributed by atoms with Gasteiger partial charge in [-0.2, -0.15) is 0 Å². The van der Waals surface area contributed by atoms with Gasteiger partial charge in [0.05, 0.1) is 0 Å². The topological polar surface area (TPSA) is 29.3 Å². The Bertz CT molecular complexity index is 615. The van der Waals surface area contributed by atoms with Crippen LogP contribution in [0.25, 0.3) is 0 Å². The molecule has 0 aromatic heterocycles. The molecular formula is C15H14ClFN2. The van der Waals surface area contributed by atoms with E-state index in [2.05, 4.69) is 4.90 Å². The van der Waals surface area contributed by atoms with Crippen molar-refractivity contribution in [1.29, 1.82) is 0 Å². The average Bonchev–Trinajstić information content (AvgIpc) is 2.69. The second-order valence-corrected chi connectivity index (χ2v) is 5.19. The van der Waals surface area contributed by atoms with Crippen LogP contribution in [0.1, 0.15) is 17.2 Å². The predicted octanol–water partition coefficient (Wildman–Crippen LogP) is 3.50. The van der Waals surface area contributed by atoms with Crippen molar-refractivity contribution in [1.82, 2.24) is 0 Å². The van der Waals surface area contributed by atoms with Crippen molar-refractivity contribution in [2.24, 2.45) is 5.73 Å². The Morgan fingerprint density at radius 2 is 2.05 bits per heavy atom. The molecule has 0 fully saturated rings. The lowest BCUT2D eigenvalue weighted by Crippen LogP contribution is -2.24. The van der Waals surface area contributed by atoms with Crippen LogP contribution < -0.4 is 10.6 Å². The highest BCUT2D eigenvalue weighted by atomic mass is 35.5. The summed E-state index contributed by atoms with van der Waals surface area (Å²) in [6.07, 6.45) is 0. The van der Waals surface area contributed by atoms with Crippen LogP contribution in [0.5, 0.6) is 0 Å². The Hall–Kier alpha value is -1.58. The fourth-order valence-corrected chi connectivity index (χ4v) is 2.72. The van der Waals surface area contributed by atoms with Gasteiger partial charge in [0, 0.05) is 29.8 Å². The summed E-state index contributed by atoms with van der Waals surface area (Å²) in [4.78, 5) is 2.14. The molecule has 2 nitrogen and oxygen atoms in total. The molecule has 2 aromatic carbocycles. The third-order valence-corrected chi connectivity index (χ3v) is 3.83. The molecule has 0 aliphatic carbocycles. The highest BCUT2D eigenvalue weighted by Crippen LogP contribution is 2.35. The molecule has 1 aliphatic heterocycles. The van der Waals surface area contributed by atoms with E-state index in [1.165, 1.54) is 12.1 Å². The van der Waals surface area contributed by atoms with Crippen LogP contribution in [0.3, 0.4) is 0 Å². The fraction of sp³-hybridized carbons (Fsp3) is 0.200. The predicted molar refractivity (Wildman–Crippen MR) is 75.8 cm³/mol. The van der Waals surface area contributed by atoms with E-state index in [0.717, 1.165) is 21.8 Å². The van der Waals surface area contributed by atoms with Crippen molar-refractivity contribution >= 4 is 17.3 Å². The largest absolute Gasteiger partial charge is 0.365 e. The molecule has 0 amide bonds. The van der Waals surface area contributed by atoms with E-state index in [4.69, 9.17) is 17.3 Å². The minimum absolute atomic E-state index is 0.145. The minimum atomic E-state index is -0.242. The van der Waals surface area contributed by atoms with Crippen molar-refractivity contribution in [3.05, 3.63) is 64.4 Å². The molecule has 19 heavy (non-hydrogen) atoms. The van der Waals surface area contributed by atoms with Crippen LogP contribution in [0.2, 0.25) is 5.02 Å². The highest BCUT2D eigenvalue weighted by Gasteiger charge is 2.26. The van der Waals surface area contributed by atoms with Gasteiger partial charge >= 0.3 is 0 Å². The first-order chi connectivity index (χ1) is 9.15. The van der Waals surface area contributed by atoms with Crippen LogP contribution in [0.15, 0.2) is 42.5 Å². The standard InChI is InChI=1S/C15H14ClFN2/c16-13-4-2-1-3-10(13)8-19-9-14(18)12-7-11(17)5-6-15(12)19/h1-7,14H,8-9,18H2. The summed E-state index contributed by atoms with van der Waals surface area (Å²) in [6.45, 7) is 1.37. The van der Waals surface area contributed by atoms with Crippen molar-refractivity contribution < 1.29 is 4.39 Å². The Morgan fingerprint density at radius 3 is 2.84 bits per heavy atom. The van der Waals surface area contributed by atoms with Gasteiger partial charge in [0.2, 0.25) is 0 Å². The van der Waals surface area contributed by atoms with Gasteiger partial charge in [-0.3, -0.25) is 0 Å². The molecule has 1 aliphatic rings. The van der Waals surface area contributed by atoms with E-state index in [0.29, 0.717) is 13.1 Å². The van der Waals surface area contributed by atoms with Crippen LogP contribution in [0.4, 0.5) is 10.1 Å². The number of anilines is 1. The molecule has 0 bridgehead atoms. The Kier molecular flexibility index (Phi) is 3.17. The molecule has 0 radical (unpaired) electrons. The number of rotatable bonds is 2. The third kappa shape index (κ3) is 2.31. The van der Waals surface area contributed by atoms with Crippen molar-refractivity contribution in [3.63, 3.8) is 0 Å². The van der Waals surface area contributed by atoms with Crippen molar-refractivity contribution in [3.8, 4) is 0 Å². The van der Waals surface area contributed by atoms with Gasteiger partial charge in [0.1, 0.15) is 5.82 Å². The zero-order valence-electron chi connectivity index (χ0n) is 10.3. The van der Waals surface area contributed by atoms with Crippen LogP contribution in [-0.4, -0.2) is 6.54 Å². The number of nitrogens with two attached hydrogens (primary N) is 1. The first kappa shape index (κ1) is 12.5. The second kappa shape index (κ2) is 4.83. The van der Waals surface area contributed by atoms with E-state index in [-0.39, 0.29) is 11.9 Å². The van der Waals surface area contributed by atoms with Crippen LogP contribution in [0, 0.1) is 5.82 Å². The smallest absolute Gasteiger partial charge is 0.123 e. The molecule has 2 N–H and O–H groups in total. The number of hydrogen-bond acceptors (Lipinski definition) is 2. The maximum absolute atomic E-state index is 13.3. The van der Waals surface area contributed by atoms with E-state index in [1.54, 1.807) is 6.07 Å². The molecular weight excluding hydrogens is 263 g/mol. The van der Waals surface area contributed by atoms with Gasteiger partial charge < -0.3 is 10.6 Å². The van der Waals surface area contributed by atoms with E-state index in [9.17, 15) is 4.39 Å². The van der Waals surface area contributed by atoms with Crippen molar-refractivity contribution in [2.45, 2.75) is 12.6 Å². The molecule has 3 rings (SSSR count). The summed E-state index contributed by atoms with van der Waals surface area (Å²) in [5.74, 6) is -0.242. The summed E-state index contributed by atoms with van der Waals surface area (Å²) < 4.78 is 13.3. The van der Waals surface area contributed by atoms with E-state index < -0.39 is 0 Å². The van der Waals surface area contributed by atoms with E-state index >= 15 is 0 Å². The maximum Gasteiger partial charge on any atom is 0.123 e. The van der Waals surface area contributed by atoms with E-state index in [1.807, 2.05) is 24.3 Å². The molecule has 98 valence electrons. The lowest BCUT2D eigenvalue weighted by atomic mass is 10.1. The highest BCUT2D eigenvalue weighted by molar-refractivity contribution is 6.31. The molecule has 1 unspecified atom stereocenters. The molecule has 1 atom stereocenters. The third-order valence-electron chi connectivity index (χ3n) is 3.47. The van der Waals surface area contributed by atoms with Crippen molar-refractivity contribution in [2.75, 3.05) is 11.4 Å². The summed E-state index contributed by atoms with van der Waals surface area (Å²) in [5, 5.41) is 0.742. The second-order valence-electron chi connectivity index (χ2n) is 4.78. The van der Waals surface area contributed by atoms with Gasteiger partial charge in [-0.25, -0.2) is 4.39 Å². The molecule has 2 aromatic rings. The molecule has 0 spiro atoms. The van der Waals surface area contributed by atoms with Gasteiger partial charge in [-0.15, -0.1) is 0 Å². The van der Waals surface area contributed by atoms with Crippen LogP contribution in [-0.2, 0) is 6.54 Å². The number of nitrogens with zero attached hydrogens (tertiary/aromatic N) is 1. The summed E-state index contributed by atoms with van der Waals surface area (Å²) >= 11 is 6.17. The summed E-state index contributed by atoms with van der Waals surface area (Å²) in [7, 11) is 0. The lowest BCUT2D eigenvalue weighted by Gasteiger charge is -2.20. The number of hydrogen-bond donors (Lipinski definition) is 1. The SMILES string of the molecule is NC1CN(Cc2ccccc2Cl)c2ccc(F)cc21. The number of fused-ring (bicyclic) bond motifs is 1. The Labute approximate surface area is 116 Å². The fourth-order valence-electron chi connectivity index (χ4n) is 2.53. The minimum Gasteiger partial charge on any atom is -0.365 e. The van der Waals surface area contributed by atoms with Gasteiger partial charge in [0.15, 0.2) is 0 Å². The monoisotopic (exact) mass is 276 g/mol. The molecule has 0 saturated carbocycles. The summed E-state index contributed by atoms with van der Waals surface area (Å²) in [5.41, 5.74) is 8.97. The van der Waals surface area contributed by atoms with Gasteiger partial charge in [-0.05, 0) is 35.4 Å². The maximum atomic E-state index is 13.3. The summed E-state index contributed by atoms with van der Waals surface area (Å²) in [6, 6.07) is 12.4. The quantitative estimate of drug-likeness (QED) is 0.910. The normalized spacial score (nSPS) is 17.6. The zero-order chi connectivity index (χ0) is 13.4. The first-order valence-electron chi connectivity index (χ1n) is 6.18. The van der Waals surface area contributed by atoms with Crippen LogP contribution >= 0.6 is 11.6 Å². The van der Waals surface area contributed by atoms with Gasteiger partial charge in [-0.1, -0.05) is 29.8 Å². The molecule has 1 heterocycles. The molecule has 4 heteroatoms. The number of benzene rings is 2. The first-order valence-corrected chi connectivity index (χ1v) is 6.56. The average molecular weight is 277 g/mol. The Balaban J connectivity index is 1.91.